The maximum Gasteiger partial charge on any atom is 0.230 e. The van der Waals surface area contributed by atoms with E-state index in [1.807, 2.05) is 13.0 Å². The first-order valence-corrected chi connectivity index (χ1v) is 7.24. The molecule has 94 valence electrons. The van der Waals surface area contributed by atoms with Crippen LogP contribution in [0.1, 0.15) is 17.8 Å². The van der Waals surface area contributed by atoms with Gasteiger partial charge >= 0.3 is 0 Å². The van der Waals surface area contributed by atoms with Crippen LogP contribution in [0.15, 0.2) is 12.1 Å². The zero-order valence-corrected chi connectivity index (χ0v) is 11.6. The molecule has 0 bridgehead atoms. The molecule has 2 amide bonds. The van der Waals surface area contributed by atoms with E-state index in [2.05, 4.69) is 5.32 Å². The molecule has 1 aromatic heterocycles. The van der Waals surface area contributed by atoms with E-state index < -0.39 is 5.91 Å². The highest BCUT2D eigenvalue weighted by Gasteiger charge is 2.11. The molecule has 0 aromatic carbocycles. The Hall–Kier alpha value is -0.720. The zero-order valence-electron chi connectivity index (χ0n) is 9.23. The van der Waals surface area contributed by atoms with E-state index in [1.54, 1.807) is 6.07 Å². The van der Waals surface area contributed by atoms with E-state index in [9.17, 15) is 9.59 Å². The van der Waals surface area contributed by atoms with Crippen molar-refractivity contribution < 1.29 is 9.59 Å². The summed E-state index contributed by atoms with van der Waals surface area (Å²) in [6, 6.07) is 3.61. The Morgan fingerprint density at radius 2 is 2.24 bits per heavy atom. The number of rotatable bonds is 6. The molecule has 1 rings (SSSR count). The maximum atomic E-state index is 11.5. The first-order valence-electron chi connectivity index (χ1n) is 4.89. The zero-order chi connectivity index (χ0) is 12.8. The van der Waals surface area contributed by atoms with Crippen LogP contribution < -0.4 is 11.1 Å². The summed E-state index contributed by atoms with van der Waals surface area (Å²) < 4.78 is 0.698. The molecule has 1 atom stereocenters. The Morgan fingerprint density at radius 3 is 2.76 bits per heavy atom. The average molecular weight is 293 g/mol. The Kier molecular flexibility index (Phi) is 5.80. The third kappa shape index (κ3) is 5.43. The van der Waals surface area contributed by atoms with Gasteiger partial charge in [0.05, 0.1) is 21.9 Å². The second-order valence-electron chi connectivity index (χ2n) is 3.39. The van der Waals surface area contributed by atoms with E-state index in [0.717, 1.165) is 4.88 Å². The van der Waals surface area contributed by atoms with E-state index in [1.165, 1.54) is 23.1 Å². The highest BCUT2D eigenvalue weighted by molar-refractivity contribution is 8.00. The van der Waals surface area contributed by atoms with Crippen molar-refractivity contribution in [2.75, 3.05) is 11.5 Å². The predicted molar refractivity (Wildman–Crippen MR) is 72.4 cm³/mol. The van der Waals surface area contributed by atoms with Gasteiger partial charge in [-0.1, -0.05) is 11.6 Å². The summed E-state index contributed by atoms with van der Waals surface area (Å²) in [5.74, 6) is -0.145. The number of amides is 2. The smallest absolute Gasteiger partial charge is 0.230 e. The molecule has 0 fully saturated rings. The summed E-state index contributed by atoms with van der Waals surface area (Å²) in [5, 5.41) is 2.82. The van der Waals surface area contributed by atoms with Gasteiger partial charge in [-0.15, -0.1) is 23.1 Å². The molecule has 7 heteroatoms. The minimum atomic E-state index is -0.416. The lowest BCUT2D eigenvalue weighted by Crippen LogP contribution is -2.28. The van der Waals surface area contributed by atoms with Crippen LogP contribution in [0.3, 0.4) is 0 Å². The first-order chi connectivity index (χ1) is 7.99. The van der Waals surface area contributed by atoms with E-state index in [-0.39, 0.29) is 23.5 Å². The van der Waals surface area contributed by atoms with Crippen LogP contribution in [0.5, 0.6) is 0 Å². The second-order valence-corrected chi connectivity index (χ2v) is 6.12. The Balaban J connectivity index is 2.33. The number of nitrogens with two attached hydrogens (primary N) is 1. The van der Waals surface area contributed by atoms with Crippen molar-refractivity contribution >= 4 is 46.5 Å². The van der Waals surface area contributed by atoms with Gasteiger partial charge in [0, 0.05) is 4.88 Å². The number of nitrogens with one attached hydrogen (secondary N) is 1. The maximum absolute atomic E-state index is 11.5. The van der Waals surface area contributed by atoms with Gasteiger partial charge in [-0.3, -0.25) is 9.59 Å². The van der Waals surface area contributed by atoms with Crippen LogP contribution in [-0.2, 0) is 9.59 Å². The van der Waals surface area contributed by atoms with Gasteiger partial charge in [0.25, 0.3) is 0 Å². The van der Waals surface area contributed by atoms with E-state index in [4.69, 9.17) is 17.3 Å². The fourth-order valence-electron chi connectivity index (χ4n) is 1.16. The van der Waals surface area contributed by atoms with Crippen LogP contribution in [0.25, 0.3) is 0 Å². The topological polar surface area (TPSA) is 72.2 Å². The van der Waals surface area contributed by atoms with Gasteiger partial charge in [0.1, 0.15) is 0 Å². The van der Waals surface area contributed by atoms with Crippen molar-refractivity contribution in [2.24, 2.45) is 5.73 Å². The van der Waals surface area contributed by atoms with Gasteiger partial charge in [-0.05, 0) is 19.1 Å². The van der Waals surface area contributed by atoms with Gasteiger partial charge in [0.15, 0.2) is 0 Å². The van der Waals surface area contributed by atoms with Crippen LogP contribution in [0, 0.1) is 0 Å². The molecule has 0 aliphatic heterocycles. The lowest BCUT2D eigenvalue weighted by molar-refractivity contribution is -0.119. The second kappa shape index (κ2) is 6.88. The summed E-state index contributed by atoms with van der Waals surface area (Å²) in [4.78, 5) is 23.0. The first kappa shape index (κ1) is 14.3. The fraction of sp³-hybridized carbons (Fsp3) is 0.400. The number of carbonyl (C=O) groups is 2. The minimum Gasteiger partial charge on any atom is -0.369 e. The normalized spacial score (nSPS) is 12.1. The van der Waals surface area contributed by atoms with Crippen molar-refractivity contribution in [3.63, 3.8) is 0 Å². The molecular weight excluding hydrogens is 280 g/mol. The van der Waals surface area contributed by atoms with Crippen molar-refractivity contribution in [1.82, 2.24) is 5.32 Å². The summed E-state index contributed by atoms with van der Waals surface area (Å²) in [5.41, 5.74) is 4.97. The van der Waals surface area contributed by atoms with Crippen LogP contribution in [0.4, 0.5) is 0 Å². The molecule has 0 saturated heterocycles. The van der Waals surface area contributed by atoms with Crippen molar-refractivity contribution in [2.45, 2.75) is 13.0 Å². The molecule has 0 saturated carbocycles. The fourth-order valence-corrected chi connectivity index (χ4v) is 2.79. The van der Waals surface area contributed by atoms with Crippen molar-refractivity contribution in [3.05, 3.63) is 21.3 Å². The third-order valence-electron chi connectivity index (χ3n) is 1.88. The summed E-state index contributed by atoms with van der Waals surface area (Å²) in [7, 11) is 0. The molecule has 0 aliphatic rings. The molecule has 0 radical (unpaired) electrons. The summed E-state index contributed by atoms with van der Waals surface area (Å²) in [6.45, 7) is 1.89. The Bertz CT molecular complexity index is 409. The minimum absolute atomic E-state index is 0.0748. The number of carbonyl (C=O) groups excluding carboxylic acids is 2. The largest absolute Gasteiger partial charge is 0.369 e. The molecule has 0 spiro atoms. The highest BCUT2D eigenvalue weighted by atomic mass is 35.5. The third-order valence-corrected chi connectivity index (χ3v) is 4.24. The van der Waals surface area contributed by atoms with Gasteiger partial charge < -0.3 is 11.1 Å². The number of thioether (sulfide) groups is 1. The molecule has 17 heavy (non-hydrogen) atoms. The average Bonchev–Trinajstić information content (AvgIpc) is 2.64. The van der Waals surface area contributed by atoms with Crippen molar-refractivity contribution in [3.8, 4) is 0 Å². The van der Waals surface area contributed by atoms with Crippen LogP contribution in [-0.4, -0.2) is 23.3 Å². The predicted octanol–water partition coefficient (Wildman–Crippen LogP) is 1.80. The Labute approximate surface area is 113 Å². The lowest BCUT2D eigenvalue weighted by atomic mass is 10.3. The SMILES string of the molecule is C[C@@H](NC(=O)CSCC(N)=O)c1ccc(Cl)s1. The summed E-state index contributed by atoms with van der Waals surface area (Å²) >= 11 is 8.45. The molecule has 1 aromatic rings. The van der Waals surface area contributed by atoms with Gasteiger partial charge in [-0.2, -0.15) is 0 Å². The van der Waals surface area contributed by atoms with Crippen molar-refractivity contribution in [1.29, 1.82) is 0 Å². The molecule has 0 aliphatic carbocycles. The number of thiophene rings is 1. The van der Waals surface area contributed by atoms with Gasteiger partial charge in [-0.25, -0.2) is 0 Å². The standard InChI is InChI=1S/C10H13ClN2O2S2/c1-6(7-2-3-8(11)17-7)13-10(15)5-16-4-9(12)14/h2-3,6H,4-5H2,1H3,(H2,12,14)(H,13,15)/t6-/m1/s1. The molecule has 4 nitrogen and oxygen atoms in total. The number of hydrogen-bond donors (Lipinski definition) is 2. The summed E-state index contributed by atoms with van der Waals surface area (Å²) in [6.07, 6.45) is 0. The van der Waals surface area contributed by atoms with Gasteiger partial charge in [0.2, 0.25) is 11.8 Å². The number of hydrogen-bond acceptors (Lipinski definition) is 4. The molecule has 0 unspecified atom stereocenters. The lowest BCUT2D eigenvalue weighted by Gasteiger charge is -2.11. The highest BCUT2D eigenvalue weighted by Crippen LogP contribution is 2.26. The molecule has 3 N–H and O–H groups in total. The quantitative estimate of drug-likeness (QED) is 0.840. The van der Waals surface area contributed by atoms with E-state index >= 15 is 0 Å². The molecular formula is C10H13ClN2O2S2. The molecule has 1 heterocycles. The number of halogens is 1. The Morgan fingerprint density at radius 1 is 1.53 bits per heavy atom. The van der Waals surface area contributed by atoms with E-state index in [0.29, 0.717) is 4.34 Å². The monoisotopic (exact) mass is 292 g/mol. The van der Waals surface area contributed by atoms with Crippen LogP contribution >= 0.6 is 34.7 Å². The number of primary amides is 1. The van der Waals surface area contributed by atoms with Crippen LogP contribution in [0.2, 0.25) is 4.34 Å².